The highest BCUT2D eigenvalue weighted by atomic mass is 32.2. The Kier molecular flexibility index (Phi) is 6.46. The van der Waals surface area contributed by atoms with Crippen LogP contribution in [-0.4, -0.2) is 50.3 Å². The molecule has 0 N–H and O–H groups in total. The number of methoxy groups -OCH3 is 1. The first-order chi connectivity index (χ1) is 16.5. The lowest BCUT2D eigenvalue weighted by Gasteiger charge is -2.40. The summed E-state index contributed by atoms with van der Waals surface area (Å²) < 4.78 is 32.8. The summed E-state index contributed by atoms with van der Waals surface area (Å²) in [6.45, 7) is 1.38. The van der Waals surface area contributed by atoms with Gasteiger partial charge in [-0.1, -0.05) is 30.3 Å². The second kappa shape index (κ2) is 9.52. The van der Waals surface area contributed by atoms with Gasteiger partial charge in [-0.3, -0.25) is 4.79 Å². The number of fused-ring (bicyclic) bond motifs is 1. The molecule has 3 aromatic rings. The van der Waals surface area contributed by atoms with Crippen molar-refractivity contribution >= 4 is 27.3 Å². The third kappa shape index (κ3) is 4.26. The number of sulfonamides is 1. The van der Waals surface area contributed by atoms with Crippen LogP contribution in [0, 0.1) is 5.92 Å². The van der Waals surface area contributed by atoms with Gasteiger partial charge < -0.3 is 9.64 Å². The van der Waals surface area contributed by atoms with Gasteiger partial charge in [-0.25, -0.2) is 8.42 Å². The molecule has 1 aromatic heterocycles. The van der Waals surface area contributed by atoms with Crippen molar-refractivity contribution in [1.82, 2.24) is 9.21 Å². The van der Waals surface area contributed by atoms with Crippen LogP contribution in [0.4, 0.5) is 0 Å². The molecule has 1 fully saturated rings. The highest BCUT2D eigenvalue weighted by Crippen LogP contribution is 2.39. The molecule has 0 bridgehead atoms. The first-order valence-electron chi connectivity index (χ1n) is 11.5. The maximum Gasteiger partial charge on any atom is 0.243 e. The van der Waals surface area contributed by atoms with Gasteiger partial charge in [0, 0.05) is 30.4 Å². The zero-order valence-corrected chi connectivity index (χ0v) is 20.7. The summed E-state index contributed by atoms with van der Waals surface area (Å²) >= 11 is 1.76. The number of ether oxygens (including phenoxy) is 1. The second-order valence-corrected chi connectivity index (χ2v) is 11.7. The summed E-state index contributed by atoms with van der Waals surface area (Å²) in [4.78, 5) is 17.3. The van der Waals surface area contributed by atoms with Gasteiger partial charge in [0.25, 0.3) is 0 Å². The molecule has 0 unspecified atom stereocenters. The van der Waals surface area contributed by atoms with Crippen molar-refractivity contribution in [3.05, 3.63) is 82.0 Å². The molecule has 3 heterocycles. The van der Waals surface area contributed by atoms with Gasteiger partial charge in [0.15, 0.2) is 0 Å². The molecule has 2 aliphatic rings. The lowest BCUT2D eigenvalue weighted by atomic mass is 9.89. The Morgan fingerprint density at radius 1 is 0.971 bits per heavy atom. The molecule has 1 saturated heterocycles. The largest absolute Gasteiger partial charge is 0.497 e. The summed E-state index contributed by atoms with van der Waals surface area (Å²) in [6.07, 6.45) is 1.93. The van der Waals surface area contributed by atoms with Crippen molar-refractivity contribution in [2.24, 2.45) is 5.92 Å². The van der Waals surface area contributed by atoms with Gasteiger partial charge in [-0.05, 0) is 66.1 Å². The first-order valence-corrected chi connectivity index (χ1v) is 13.9. The van der Waals surface area contributed by atoms with E-state index in [0.29, 0.717) is 38.2 Å². The minimum absolute atomic E-state index is 0.0789. The zero-order valence-electron chi connectivity index (χ0n) is 19.1. The maximum atomic E-state index is 13.7. The lowest BCUT2D eigenvalue weighted by Crippen LogP contribution is -2.47. The van der Waals surface area contributed by atoms with Gasteiger partial charge in [0.05, 0.1) is 18.0 Å². The number of carbonyl (C=O) groups excluding carboxylic acids is 1. The number of benzene rings is 2. The second-order valence-electron chi connectivity index (χ2n) is 8.75. The molecule has 178 valence electrons. The van der Waals surface area contributed by atoms with Crippen LogP contribution < -0.4 is 4.74 Å². The first kappa shape index (κ1) is 23.1. The Labute approximate surface area is 204 Å². The van der Waals surface area contributed by atoms with E-state index in [2.05, 4.69) is 23.6 Å². The molecule has 2 aromatic carbocycles. The fourth-order valence-corrected chi connectivity index (χ4v) is 7.40. The highest BCUT2D eigenvalue weighted by molar-refractivity contribution is 7.89. The number of nitrogens with zero attached hydrogens (tertiary/aromatic N) is 2. The van der Waals surface area contributed by atoms with E-state index in [9.17, 15) is 13.2 Å². The minimum atomic E-state index is -3.59. The molecule has 1 atom stereocenters. The topological polar surface area (TPSA) is 66.9 Å². The third-order valence-electron chi connectivity index (χ3n) is 6.86. The van der Waals surface area contributed by atoms with Gasteiger partial charge in [-0.15, -0.1) is 11.3 Å². The quantitative estimate of drug-likeness (QED) is 0.527. The van der Waals surface area contributed by atoms with E-state index in [4.69, 9.17) is 4.74 Å². The van der Waals surface area contributed by atoms with E-state index < -0.39 is 10.0 Å². The SMILES string of the molecule is COc1ccc(S(=O)(=O)N2CCC(C(=O)N3CCc4sccc4[C@@H]3c3ccccc3)CC2)cc1. The third-order valence-corrected chi connectivity index (χ3v) is 9.77. The standard InChI is InChI=1S/C26H28N2O4S2/c1-32-21-7-9-22(10-8-21)34(30,31)27-15-11-20(12-16-27)26(29)28-17-13-24-23(14-18-33-24)25(28)19-5-3-2-4-6-19/h2-10,14,18,20,25H,11-13,15-17H2,1H3/t25-/m0/s1. The molecule has 8 heteroatoms. The fraction of sp³-hybridized carbons (Fsp3) is 0.346. The Bertz CT molecular complexity index is 1250. The molecule has 1 amide bonds. The Balaban J connectivity index is 1.31. The summed E-state index contributed by atoms with van der Waals surface area (Å²) in [6, 6.07) is 18.7. The van der Waals surface area contributed by atoms with E-state index >= 15 is 0 Å². The van der Waals surface area contributed by atoms with Crippen LogP contribution in [0.5, 0.6) is 5.75 Å². The minimum Gasteiger partial charge on any atom is -0.497 e. The van der Waals surface area contributed by atoms with Crippen LogP contribution >= 0.6 is 11.3 Å². The van der Waals surface area contributed by atoms with E-state index in [1.54, 1.807) is 42.7 Å². The van der Waals surface area contributed by atoms with Gasteiger partial charge in [-0.2, -0.15) is 4.31 Å². The number of carbonyl (C=O) groups is 1. The van der Waals surface area contributed by atoms with E-state index in [0.717, 1.165) is 12.0 Å². The molecular formula is C26H28N2O4S2. The Hall–Kier alpha value is -2.68. The highest BCUT2D eigenvalue weighted by Gasteiger charge is 2.38. The fourth-order valence-electron chi connectivity index (χ4n) is 5.02. The normalized spacial score (nSPS) is 19.6. The lowest BCUT2D eigenvalue weighted by molar-refractivity contribution is -0.138. The molecule has 6 nitrogen and oxygen atoms in total. The van der Waals surface area contributed by atoms with Crippen LogP contribution in [0.15, 0.2) is 70.9 Å². The van der Waals surface area contributed by atoms with Gasteiger partial charge in [0.2, 0.25) is 15.9 Å². The monoisotopic (exact) mass is 496 g/mol. The number of piperidine rings is 1. The molecule has 0 aliphatic carbocycles. The summed E-state index contributed by atoms with van der Waals surface area (Å²) in [5, 5.41) is 2.11. The Morgan fingerprint density at radius 3 is 2.35 bits per heavy atom. The summed E-state index contributed by atoms with van der Waals surface area (Å²) in [5.41, 5.74) is 2.34. The number of hydrogen-bond acceptors (Lipinski definition) is 5. The zero-order chi connectivity index (χ0) is 23.7. The smallest absolute Gasteiger partial charge is 0.243 e. The molecule has 0 saturated carbocycles. The molecule has 5 rings (SSSR count). The average Bonchev–Trinajstić information content (AvgIpc) is 3.37. The number of rotatable bonds is 5. The Morgan fingerprint density at radius 2 is 1.68 bits per heavy atom. The van der Waals surface area contributed by atoms with Crippen molar-refractivity contribution in [3.63, 3.8) is 0 Å². The van der Waals surface area contributed by atoms with Crippen LogP contribution in [-0.2, 0) is 21.2 Å². The van der Waals surface area contributed by atoms with Crippen molar-refractivity contribution in [3.8, 4) is 5.75 Å². The molecule has 34 heavy (non-hydrogen) atoms. The molecule has 0 radical (unpaired) electrons. The number of thiophene rings is 1. The summed E-state index contributed by atoms with van der Waals surface area (Å²) in [7, 11) is -2.04. The number of hydrogen-bond donors (Lipinski definition) is 0. The van der Waals surface area contributed by atoms with E-state index in [1.807, 2.05) is 23.1 Å². The maximum absolute atomic E-state index is 13.7. The van der Waals surface area contributed by atoms with Gasteiger partial charge in [0.1, 0.15) is 5.75 Å². The number of amides is 1. The van der Waals surface area contributed by atoms with Gasteiger partial charge >= 0.3 is 0 Å². The van der Waals surface area contributed by atoms with Crippen molar-refractivity contribution in [2.75, 3.05) is 26.7 Å². The van der Waals surface area contributed by atoms with Crippen LogP contribution in [0.25, 0.3) is 0 Å². The van der Waals surface area contributed by atoms with Crippen molar-refractivity contribution < 1.29 is 17.9 Å². The van der Waals surface area contributed by atoms with Crippen molar-refractivity contribution in [1.29, 1.82) is 0 Å². The van der Waals surface area contributed by atoms with Crippen molar-refractivity contribution in [2.45, 2.75) is 30.2 Å². The van der Waals surface area contributed by atoms with Crippen LogP contribution in [0.3, 0.4) is 0 Å². The summed E-state index contributed by atoms with van der Waals surface area (Å²) in [5.74, 6) is 0.576. The van der Waals surface area contributed by atoms with Crippen LogP contribution in [0.2, 0.25) is 0 Å². The molecule has 2 aliphatic heterocycles. The predicted molar refractivity (Wildman–Crippen MR) is 132 cm³/mol. The average molecular weight is 497 g/mol. The predicted octanol–water partition coefficient (Wildman–Crippen LogP) is 4.33. The van der Waals surface area contributed by atoms with E-state index in [-0.39, 0.29) is 22.8 Å². The molecular weight excluding hydrogens is 468 g/mol. The van der Waals surface area contributed by atoms with Crippen LogP contribution in [0.1, 0.15) is 34.9 Å². The van der Waals surface area contributed by atoms with E-state index in [1.165, 1.54) is 14.7 Å². The molecule has 0 spiro atoms.